The first-order chi connectivity index (χ1) is 11.8. The minimum Gasteiger partial charge on any atom is -0.360 e. The predicted octanol–water partition coefficient (Wildman–Crippen LogP) is 3.43. The molecule has 3 aromatic rings. The van der Waals surface area contributed by atoms with Crippen molar-refractivity contribution in [1.82, 2.24) is 4.98 Å². The van der Waals surface area contributed by atoms with Crippen LogP contribution in [0.15, 0.2) is 46.5 Å². The second kappa shape index (κ2) is 7.23. The van der Waals surface area contributed by atoms with Gasteiger partial charge in [0.2, 0.25) is 0 Å². The Morgan fingerprint density at radius 1 is 1.17 bits per heavy atom. The van der Waals surface area contributed by atoms with Crippen molar-refractivity contribution >= 4 is 40.0 Å². The van der Waals surface area contributed by atoms with Crippen LogP contribution in [0, 0.1) is 0 Å². The molecule has 0 spiro atoms. The number of anilines is 1. The second-order valence-electron chi connectivity index (χ2n) is 6.05. The number of rotatable bonds is 4. The molecule has 3 nitrogen and oxygen atoms in total. The van der Waals surface area contributed by atoms with Gasteiger partial charge in [0.1, 0.15) is 17.2 Å². The molecule has 1 saturated heterocycles. The third-order valence-corrected chi connectivity index (χ3v) is 6.25. The molecule has 2 aromatic heterocycles. The van der Waals surface area contributed by atoms with Crippen molar-refractivity contribution in [3.63, 3.8) is 0 Å². The first-order valence-corrected chi connectivity index (χ1v) is 10.3. The van der Waals surface area contributed by atoms with Crippen molar-refractivity contribution < 1.29 is 4.90 Å². The van der Waals surface area contributed by atoms with Gasteiger partial charge in [0.15, 0.2) is 0 Å². The third kappa shape index (κ3) is 3.64. The number of nitrogens with zero attached hydrogens (tertiary/aromatic N) is 2. The first-order valence-electron chi connectivity index (χ1n) is 8.09. The van der Waals surface area contributed by atoms with E-state index in [1.807, 2.05) is 12.1 Å². The van der Waals surface area contributed by atoms with Gasteiger partial charge in [-0.3, -0.25) is 0 Å². The van der Waals surface area contributed by atoms with E-state index < -0.39 is 0 Å². The van der Waals surface area contributed by atoms with E-state index >= 15 is 0 Å². The fraction of sp³-hybridized carbons (Fsp3) is 0.278. The highest BCUT2D eigenvalue weighted by atomic mass is 35.5. The summed E-state index contributed by atoms with van der Waals surface area (Å²) >= 11 is 9.58. The van der Waals surface area contributed by atoms with Crippen LogP contribution in [0.2, 0.25) is 5.02 Å². The van der Waals surface area contributed by atoms with Crippen LogP contribution < -0.4 is 9.80 Å². The lowest BCUT2D eigenvalue weighted by atomic mass is 10.2. The highest BCUT2D eigenvalue weighted by molar-refractivity contribution is 7.14. The predicted molar refractivity (Wildman–Crippen MR) is 103 cm³/mol. The van der Waals surface area contributed by atoms with Crippen LogP contribution in [0.5, 0.6) is 0 Å². The average Bonchev–Trinajstić information content (AvgIpc) is 3.27. The van der Waals surface area contributed by atoms with E-state index in [4.69, 9.17) is 16.6 Å². The topological polar surface area (TPSA) is 20.6 Å². The molecule has 1 N–H and O–H groups in total. The van der Waals surface area contributed by atoms with Gasteiger partial charge in [-0.2, -0.15) is 11.3 Å². The summed E-state index contributed by atoms with van der Waals surface area (Å²) in [6.45, 7) is 5.42. The largest absolute Gasteiger partial charge is 0.360 e. The Balaban J connectivity index is 1.35. The summed E-state index contributed by atoms with van der Waals surface area (Å²) in [4.78, 5) is 8.84. The fourth-order valence-corrected chi connectivity index (χ4v) is 4.81. The minimum absolute atomic E-state index is 0.811. The molecule has 1 fully saturated rings. The van der Waals surface area contributed by atoms with Crippen molar-refractivity contribution in [2.45, 2.75) is 6.54 Å². The molecule has 1 aromatic carbocycles. The SMILES string of the molecule is Clc1cccc(N2CC[NH+](Cc3csc(-c4ccsc4)n3)CC2)c1. The Morgan fingerprint density at radius 3 is 2.79 bits per heavy atom. The first kappa shape index (κ1) is 16.1. The Bertz CT molecular complexity index is 792. The molecule has 0 bridgehead atoms. The van der Waals surface area contributed by atoms with Crippen LogP contribution in [-0.2, 0) is 6.54 Å². The molecular weight excluding hydrogens is 358 g/mol. The zero-order valence-electron chi connectivity index (χ0n) is 13.2. The Kier molecular flexibility index (Phi) is 4.85. The van der Waals surface area contributed by atoms with Gasteiger partial charge in [0.05, 0.1) is 26.2 Å². The number of aromatic nitrogens is 1. The molecule has 0 radical (unpaired) electrons. The summed E-state index contributed by atoms with van der Waals surface area (Å²) in [5, 5.41) is 8.44. The summed E-state index contributed by atoms with van der Waals surface area (Å²) in [6.07, 6.45) is 0. The smallest absolute Gasteiger partial charge is 0.124 e. The molecular formula is C18H19ClN3S2+. The quantitative estimate of drug-likeness (QED) is 0.753. The summed E-state index contributed by atoms with van der Waals surface area (Å²) in [7, 11) is 0. The summed E-state index contributed by atoms with van der Waals surface area (Å²) in [5.41, 5.74) is 3.69. The fourth-order valence-electron chi connectivity index (χ4n) is 3.09. The van der Waals surface area contributed by atoms with Crippen molar-refractivity contribution in [2.75, 3.05) is 31.1 Å². The van der Waals surface area contributed by atoms with Crippen LogP contribution in [0.3, 0.4) is 0 Å². The monoisotopic (exact) mass is 376 g/mol. The normalized spacial score (nSPS) is 15.8. The highest BCUT2D eigenvalue weighted by Gasteiger charge is 2.21. The number of piperazine rings is 1. The van der Waals surface area contributed by atoms with Gasteiger partial charge < -0.3 is 9.80 Å². The molecule has 0 amide bonds. The van der Waals surface area contributed by atoms with Gasteiger partial charge in [0.25, 0.3) is 0 Å². The molecule has 4 rings (SSSR count). The zero-order chi connectivity index (χ0) is 16.4. The molecule has 24 heavy (non-hydrogen) atoms. The van der Waals surface area contributed by atoms with Crippen LogP contribution in [0.4, 0.5) is 5.69 Å². The Morgan fingerprint density at radius 2 is 2.04 bits per heavy atom. The number of halogens is 1. The van der Waals surface area contributed by atoms with E-state index in [9.17, 15) is 0 Å². The summed E-state index contributed by atoms with van der Waals surface area (Å²) in [5.74, 6) is 0. The number of quaternary nitrogens is 1. The number of nitrogens with one attached hydrogen (secondary N) is 1. The lowest BCUT2D eigenvalue weighted by molar-refractivity contribution is -0.914. The maximum atomic E-state index is 6.11. The number of hydrogen-bond acceptors (Lipinski definition) is 4. The summed E-state index contributed by atoms with van der Waals surface area (Å²) < 4.78 is 0. The zero-order valence-corrected chi connectivity index (χ0v) is 15.6. The minimum atomic E-state index is 0.811. The average molecular weight is 377 g/mol. The maximum Gasteiger partial charge on any atom is 0.124 e. The van der Waals surface area contributed by atoms with Gasteiger partial charge in [-0.25, -0.2) is 4.98 Å². The molecule has 124 valence electrons. The van der Waals surface area contributed by atoms with Crippen LogP contribution in [0.25, 0.3) is 10.6 Å². The van der Waals surface area contributed by atoms with E-state index in [0.29, 0.717) is 0 Å². The van der Waals surface area contributed by atoms with Crippen LogP contribution >= 0.6 is 34.3 Å². The van der Waals surface area contributed by atoms with Gasteiger partial charge in [-0.05, 0) is 29.6 Å². The van der Waals surface area contributed by atoms with E-state index in [1.165, 1.54) is 16.9 Å². The van der Waals surface area contributed by atoms with E-state index in [2.05, 4.69) is 39.2 Å². The molecule has 0 aliphatic carbocycles. The van der Waals surface area contributed by atoms with Crippen molar-refractivity contribution in [2.24, 2.45) is 0 Å². The number of thiazole rings is 1. The second-order valence-corrected chi connectivity index (χ2v) is 8.12. The molecule has 1 aliphatic rings. The molecule has 1 aliphatic heterocycles. The number of thiophene rings is 1. The van der Waals surface area contributed by atoms with Crippen LogP contribution in [0.1, 0.15) is 5.69 Å². The van der Waals surface area contributed by atoms with E-state index in [-0.39, 0.29) is 0 Å². The Labute approximate surface area is 155 Å². The van der Waals surface area contributed by atoms with Gasteiger partial charge in [-0.1, -0.05) is 17.7 Å². The standard InChI is InChI=1S/C18H18ClN3S2/c19-15-2-1-3-17(10-15)22-7-5-21(6-8-22)11-16-13-24-18(20-16)14-4-9-23-12-14/h1-4,9-10,12-13H,5-8,11H2/p+1. The van der Waals surface area contributed by atoms with Gasteiger partial charge in [-0.15, -0.1) is 11.3 Å². The lowest BCUT2D eigenvalue weighted by Crippen LogP contribution is -3.13. The third-order valence-electron chi connectivity index (χ3n) is 4.39. The molecule has 6 heteroatoms. The molecule has 0 atom stereocenters. The Hall–Kier alpha value is -1.40. The van der Waals surface area contributed by atoms with Crippen molar-refractivity contribution in [3.8, 4) is 10.6 Å². The molecule has 3 heterocycles. The summed E-state index contributed by atoms with van der Waals surface area (Å²) in [6, 6.07) is 10.3. The number of hydrogen-bond donors (Lipinski definition) is 1. The highest BCUT2D eigenvalue weighted by Crippen LogP contribution is 2.25. The van der Waals surface area contributed by atoms with Crippen LogP contribution in [-0.4, -0.2) is 31.2 Å². The maximum absolute atomic E-state index is 6.11. The van der Waals surface area contributed by atoms with E-state index in [0.717, 1.165) is 42.8 Å². The molecule has 0 saturated carbocycles. The van der Waals surface area contributed by atoms with E-state index in [1.54, 1.807) is 27.6 Å². The van der Waals surface area contributed by atoms with Gasteiger partial charge in [0, 0.05) is 27.0 Å². The lowest BCUT2D eigenvalue weighted by Gasteiger charge is -2.33. The molecule has 0 unspecified atom stereocenters. The van der Waals surface area contributed by atoms with Gasteiger partial charge >= 0.3 is 0 Å². The van der Waals surface area contributed by atoms with Crippen molar-refractivity contribution in [3.05, 3.63) is 57.2 Å². The van der Waals surface area contributed by atoms with Crippen molar-refractivity contribution in [1.29, 1.82) is 0 Å². The number of benzene rings is 1.